The lowest BCUT2D eigenvalue weighted by Crippen LogP contribution is -2.53. The van der Waals surface area contributed by atoms with E-state index in [1.54, 1.807) is 4.31 Å². The summed E-state index contributed by atoms with van der Waals surface area (Å²) in [5.41, 5.74) is 0.806. The Hall–Kier alpha value is -1.44. The standard InChI is InChI=1S/C21H33N3O3S/c1-17-7-6-10-20(18(17)2)22-21(25)15-23-11-13-24(14-12-23)28(26,27)16-19-8-4-3-5-9-19/h3-5,8-9,17-18,20H,6-7,10-16H2,1-2H3,(H,22,25). The number of sulfonamides is 1. The van der Waals surface area contributed by atoms with Crippen molar-refractivity contribution in [1.29, 1.82) is 0 Å². The monoisotopic (exact) mass is 407 g/mol. The van der Waals surface area contributed by atoms with Gasteiger partial charge in [0.2, 0.25) is 15.9 Å². The van der Waals surface area contributed by atoms with Crippen molar-refractivity contribution < 1.29 is 13.2 Å². The zero-order valence-electron chi connectivity index (χ0n) is 17.0. The molecule has 1 aliphatic heterocycles. The van der Waals surface area contributed by atoms with E-state index in [9.17, 15) is 13.2 Å². The molecule has 2 aliphatic rings. The molecule has 1 aliphatic carbocycles. The van der Waals surface area contributed by atoms with E-state index in [-0.39, 0.29) is 17.7 Å². The topological polar surface area (TPSA) is 69.7 Å². The normalized spacial score (nSPS) is 27.4. The summed E-state index contributed by atoms with van der Waals surface area (Å²) in [6, 6.07) is 9.54. The Labute approximate surface area is 169 Å². The summed E-state index contributed by atoms with van der Waals surface area (Å²) in [7, 11) is -3.32. The molecule has 28 heavy (non-hydrogen) atoms. The number of hydrogen-bond donors (Lipinski definition) is 1. The molecule has 1 saturated heterocycles. The van der Waals surface area contributed by atoms with Crippen molar-refractivity contribution in [2.45, 2.75) is 44.9 Å². The van der Waals surface area contributed by atoms with E-state index in [2.05, 4.69) is 24.1 Å². The van der Waals surface area contributed by atoms with Crippen molar-refractivity contribution in [3.05, 3.63) is 35.9 Å². The first kappa shape index (κ1) is 21.3. The zero-order chi connectivity index (χ0) is 20.1. The molecule has 0 bridgehead atoms. The van der Waals surface area contributed by atoms with Gasteiger partial charge in [-0.3, -0.25) is 9.69 Å². The molecular formula is C21H33N3O3S. The van der Waals surface area contributed by atoms with Crippen LogP contribution in [0.2, 0.25) is 0 Å². The molecule has 1 saturated carbocycles. The number of amides is 1. The summed E-state index contributed by atoms with van der Waals surface area (Å²) in [6.45, 7) is 6.92. The maximum atomic E-state index is 12.6. The van der Waals surface area contributed by atoms with Crippen molar-refractivity contribution in [1.82, 2.24) is 14.5 Å². The fourth-order valence-electron chi connectivity index (χ4n) is 4.28. The van der Waals surface area contributed by atoms with Gasteiger partial charge in [-0.15, -0.1) is 0 Å². The number of hydrogen-bond acceptors (Lipinski definition) is 4. The van der Waals surface area contributed by atoms with E-state index < -0.39 is 10.0 Å². The van der Waals surface area contributed by atoms with E-state index >= 15 is 0 Å². The summed E-state index contributed by atoms with van der Waals surface area (Å²) in [5.74, 6) is 1.26. The lowest BCUT2D eigenvalue weighted by Gasteiger charge is -2.36. The van der Waals surface area contributed by atoms with E-state index in [0.717, 1.165) is 12.0 Å². The third kappa shape index (κ3) is 5.55. The highest BCUT2D eigenvalue weighted by molar-refractivity contribution is 7.88. The van der Waals surface area contributed by atoms with Gasteiger partial charge in [0, 0.05) is 32.2 Å². The van der Waals surface area contributed by atoms with Gasteiger partial charge >= 0.3 is 0 Å². The molecular weight excluding hydrogens is 374 g/mol. The van der Waals surface area contributed by atoms with Crippen LogP contribution in [0.5, 0.6) is 0 Å². The number of benzene rings is 1. The van der Waals surface area contributed by atoms with Gasteiger partial charge in [-0.1, -0.05) is 57.0 Å². The number of carbonyl (C=O) groups excluding carboxylic acids is 1. The number of carbonyl (C=O) groups is 1. The predicted molar refractivity (Wildman–Crippen MR) is 111 cm³/mol. The van der Waals surface area contributed by atoms with Gasteiger partial charge in [0.25, 0.3) is 0 Å². The Kier molecular flexibility index (Phi) is 7.12. The van der Waals surface area contributed by atoms with Crippen molar-refractivity contribution in [2.75, 3.05) is 32.7 Å². The van der Waals surface area contributed by atoms with Gasteiger partial charge in [0.05, 0.1) is 12.3 Å². The average molecular weight is 408 g/mol. The summed E-state index contributed by atoms with van der Waals surface area (Å²) < 4.78 is 26.8. The van der Waals surface area contributed by atoms with Crippen LogP contribution in [0.1, 0.15) is 38.7 Å². The van der Waals surface area contributed by atoms with E-state index in [0.29, 0.717) is 44.6 Å². The van der Waals surface area contributed by atoms with Crippen LogP contribution in [0.15, 0.2) is 30.3 Å². The Balaban J connectivity index is 1.45. The smallest absolute Gasteiger partial charge is 0.234 e. The summed E-state index contributed by atoms with van der Waals surface area (Å²) in [4.78, 5) is 14.5. The highest BCUT2D eigenvalue weighted by Crippen LogP contribution is 2.29. The molecule has 0 spiro atoms. The molecule has 1 aromatic carbocycles. The highest BCUT2D eigenvalue weighted by Gasteiger charge is 2.30. The molecule has 3 atom stereocenters. The molecule has 7 heteroatoms. The number of rotatable bonds is 6. The van der Waals surface area contributed by atoms with Crippen molar-refractivity contribution in [3.8, 4) is 0 Å². The molecule has 0 radical (unpaired) electrons. The molecule has 1 N–H and O–H groups in total. The van der Waals surface area contributed by atoms with Crippen LogP contribution in [0, 0.1) is 11.8 Å². The first-order chi connectivity index (χ1) is 13.3. The minimum Gasteiger partial charge on any atom is -0.352 e. The van der Waals surface area contributed by atoms with Crippen molar-refractivity contribution >= 4 is 15.9 Å². The predicted octanol–water partition coefficient (Wildman–Crippen LogP) is 2.07. The van der Waals surface area contributed by atoms with Gasteiger partial charge in [-0.05, 0) is 23.8 Å². The first-order valence-corrected chi connectivity index (χ1v) is 12.0. The Morgan fingerprint density at radius 3 is 2.43 bits per heavy atom. The Bertz CT molecular complexity index is 745. The maximum Gasteiger partial charge on any atom is 0.234 e. The largest absolute Gasteiger partial charge is 0.352 e. The molecule has 1 heterocycles. The van der Waals surface area contributed by atoms with Crippen molar-refractivity contribution in [3.63, 3.8) is 0 Å². The van der Waals surface area contributed by atoms with E-state index in [1.807, 2.05) is 30.3 Å². The summed E-state index contributed by atoms with van der Waals surface area (Å²) in [6.07, 6.45) is 3.48. The Morgan fingerprint density at radius 2 is 1.75 bits per heavy atom. The van der Waals surface area contributed by atoms with E-state index in [1.165, 1.54) is 12.8 Å². The molecule has 3 unspecified atom stereocenters. The van der Waals surface area contributed by atoms with Crippen LogP contribution in [0.4, 0.5) is 0 Å². The molecule has 1 aromatic rings. The quantitative estimate of drug-likeness (QED) is 0.784. The molecule has 1 amide bonds. The van der Waals surface area contributed by atoms with Gasteiger partial charge < -0.3 is 5.32 Å². The van der Waals surface area contributed by atoms with Gasteiger partial charge in [0.15, 0.2) is 0 Å². The molecule has 2 fully saturated rings. The minimum absolute atomic E-state index is 0.0338. The van der Waals surface area contributed by atoms with Crippen LogP contribution in [0.3, 0.4) is 0 Å². The molecule has 3 rings (SSSR count). The van der Waals surface area contributed by atoms with Crippen molar-refractivity contribution in [2.24, 2.45) is 11.8 Å². The number of nitrogens with one attached hydrogen (secondary N) is 1. The molecule has 156 valence electrons. The lowest BCUT2D eigenvalue weighted by molar-refractivity contribution is -0.124. The molecule has 0 aromatic heterocycles. The molecule has 6 nitrogen and oxygen atoms in total. The first-order valence-electron chi connectivity index (χ1n) is 10.4. The minimum atomic E-state index is -3.32. The third-order valence-corrected chi connectivity index (χ3v) is 8.19. The Morgan fingerprint density at radius 1 is 1.07 bits per heavy atom. The maximum absolute atomic E-state index is 12.6. The average Bonchev–Trinajstić information content (AvgIpc) is 2.66. The third-order valence-electron chi connectivity index (χ3n) is 6.34. The van der Waals surface area contributed by atoms with Crippen LogP contribution in [0.25, 0.3) is 0 Å². The van der Waals surface area contributed by atoms with Gasteiger partial charge in [-0.25, -0.2) is 8.42 Å². The summed E-state index contributed by atoms with van der Waals surface area (Å²) >= 11 is 0. The van der Waals surface area contributed by atoms with Gasteiger partial charge in [0.1, 0.15) is 0 Å². The zero-order valence-corrected chi connectivity index (χ0v) is 17.8. The SMILES string of the molecule is CC1CCCC(NC(=O)CN2CCN(S(=O)(=O)Cc3ccccc3)CC2)C1C. The highest BCUT2D eigenvalue weighted by atomic mass is 32.2. The lowest BCUT2D eigenvalue weighted by atomic mass is 9.78. The van der Waals surface area contributed by atoms with Crippen LogP contribution >= 0.6 is 0 Å². The van der Waals surface area contributed by atoms with Crippen LogP contribution < -0.4 is 5.32 Å². The fourth-order valence-corrected chi connectivity index (χ4v) is 5.80. The number of piperazine rings is 1. The second kappa shape index (κ2) is 9.37. The second-order valence-electron chi connectivity index (χ2n) is 8.36. The van der Waals surface area contributed by atoms with Gasteiger partial charge in [-0.2, -0.15) is 4.31 Å². The van der Waals surface area contributed by atoms with Crippen LogP contribution in [-0.2, 0) is 20.6 Å². The second-order valence-corrected chi connectivity index (χ2v) is 10.3. The van der Waals surface area contributed by atoms with Crippen LogP contribution in [-0.4, -0.2) is 62.3 Å². The summed E-state index contributed by atoms with van der Waals surface area (Å²) in [5, 5.41) is 3.21. The van der Waals surface area contributed by atoms with E-state index in [4.69, 9.17) is 0 Å². The number of nitrogens with zero attached hydrogens (tertiary/aromatic N) is 2. The fraction of sp³-hybridized carbons (Fsp3) is 0.667.